The van der Waals surface area contributed by atoms with Crippen molar-refractivity contribution in [1.82, 2.24) is 10.2 Å². The molecule has 0 fully saturated rings. The molecule has 20 heavy (non-hydrogen) atoms. The van der Waals surface area contributed by atoms with Crippen LogP contribution in [0.1, 0.15) is 12.8 Å². The summed E-state index contributed by atoms with van der Waals surface area (Å²) < 4.78 is 0. The highest BCUT2D eigenvalue weighted by molar-refractivity contribution is 6.36. The monoisotopic (exact) mass is 317 g/mol. The van der Waals surface area contributed by atoms with Crippen LogP contribution in [0.3, 0.4) is 0 Å². The van der Waals surface area contributed by atoms with E-state index in [1.165, 1.54) is 0 Å². The molecule has 0 radical (unpaired) electrons. The molecule has 1 aromatic rings. The maximum absolute atomic E-state index is 11.7. The van der Waals surface area contributed by atoms with Gasteiger partial charge in [0.15, 0.2) is 0 Å². The molecule has 0 spiro atoms. The summed E-state index contributed by atoms with van der Waals surface area (Å²) >= 11 is 11.8. The second-order valence-electron chi connectivity index (χ2n) is 4.83. The number of nitrogens with zero attached hydrogens (tertiary/aromatic N) is 1. The van der Waals surface area contributed by atoms with E-state index in [1.54, 1.807) is 18.2 Å². The number of carbonyl (C=O) groups is 1. The van der Waals surface area contributed by atoms with Crippen LogP contribution in [0.2, 0.25) is 10.0 Å². The first-order chi connectivity index (χ1) is 9.49. The third-order valence-corrected chi connectivity index (χ3v) is 3.24. The molecule has 1 aromatic carbocycles. The Morgan fingerprint density at radius 3 is 2.65 bits per heavy atom. The van der Waals surface area contributed by atoms with Gasteiger partial charge in [0.2, 0.25) is 5.91 Å². The topological polar surface area (TPSA) is 44.4 Å². The molecule has 0 unspecified atom stereocenters. The van der Waals surface area contributed by atoms with E-state index in [4.69, 9.17) is 23.2 Å². The Kier molecular flexibility index (Phi) is 7.92. The zero-order valence-corrected chi connectivity index (χ0v) is 13.4. The molecule has 6 heteroatoms. The van der Waals surface area contributed by atoms with Crippen molar-refractivity contribution >= 4 is 34.8 Å². The fraction of sp³-hybridized carbons (Fsp3) is 0.500. The van der Waals surface area contributed by atoms with Gasteiger partial charge in [0, 0.05) is 18.0 Å². The fourth-order valence-corrected chi connectivity index (χ4v) is 2.11. The summed E-state index contributed by atoms with van der Waals surface area (Å²) in [5, 5.41) is 7.01. The van der Waals surface area contributed by atoms with Crippen molar-refractivity contribution in [2.45, 2.75) is 12.8 Å². The molecule has 112 valence electrons. The van der Waals surface area contributed by atoms with Gasteiger partial charge in [-0.2, -0.15) is 0 Å². The van der Waals surface area contributed by atoms with Crippen LogP contribution in [-0.4, -0.2) is 44.5 Å². The van der Waals surface area contributed by atoms with Crippen molar-refractivity contribution in [2.24, 2.45) is 0 Å². The Hall–Kier alpha value is -0.810. The van der Waals surface area contributed by atoms with Gasteiger partial charge in [-0.3, -0.25) is 4.79 Å². The molecule has 2 N–H and O–H groups in total. The highest BCUT2D eigenvalue weighted by atomic mass is 35.5. The molecule has 0 aliphatic rings. The fourth-order valence-electron chi connectivity index (χ4n) is 1.65. The number of benzene rings is 1. The lowest BCUT2D eigenvalue weighted by atomic mass is 10.3. The second kappa shape index (κ2) is 9.19. The minimum Gasteiger partial charge on any atom is -0.325 e. The molecule has 0 saturated heterocycles. The molecule has 0 aliphatic heterocycles. The summed E-state index contributed by atoms with van der Waals surface area (Å²) in [4.78, 5) is 13.9. The minimum absolute atomic E-state index is 0.0608. The van der Waals surface area contributed by atoms with Gasteiger partial charge in [-0.1, -0.05) is 23.2 Å². The van der Waals surface area contributed by atoms with Gasteiger partial charge in [0.25, 0.3) is 0 Å². The molecule has 4 nitrogen and oxygen atoms in total. The van der Waals surface area contributed by atoms with Crippen molar-refractivity contribution in [1.29, 1.82) is 0 Å². The lowest BCUT2D eigenvalue weighted by Crippen LogP contribution is -2.25. The van der Waals surface area contributed by atoms with Crippen LogP contribution >= 0.6 is 23.2 Å². The highest BCUT2D eigenvalue weighted by Crippen LogP contribution is 2.25. The largest absolute Gasteiger partial charge is 0.325 e. The van der Waals surface area contributed by atoms with E-state index in [-0.39, 0.29) is 5.91 Å². The first-order valence-corrected chi connectivity index (χ1v) is 7.35. The summed E-state index contributed by atoms with van der Waals surface area (Å²) in [5.41, 5.74) is 0.591. The van der Waals surface area contributed by atoms with E-state index < -0.39 is 0 Å². The predicted molar refractivity (Wildman–Crippen MR) is 85.7 cm³/mol. The first-order valence-electron chi connectivity index (χ1n) is 6.59. The lowest BCUT2D eigenvalue weighted by molar-refractivity contribution is -0.116. The molecule has 0 bridgehead atoms. The Labute approximate surface area is 130 Å². The molecule has 0 atom stereocenters. The standard InChI is InChI=1S/C14H21Cl2N3O/c1-19(2)9-3-7-17-8-6-14(20)18-13-5-4-11(15)10-12(13)16/h4-5,10,17H,3,6-9H2,1-2H3,(H,18,20). The van der Waals surface area contributed by atoms with Crippen molar-refractivity contribution in [3.63, 3.8) is 0 Å². The van der Waals surface area contributed by atoms with Gasteiger partial charge in [-0.15, -0.1) is 0 Å². The number of amides is 1. The number of nitrogens with one attached hydrogen (secondary N) is 2. The Bertz CT molecular complexity index is 438. The third-order valence-electron chi connectivity index (χ3n) is 2.69. The SMILES string of the molecule is CN(C)CCCNCCC(=O)Nc1ccc(Cl)cc1Cl. The summed E-state index contributed by atoms with van der Waals surface area (Å²) in [7, 11) is 4.09. The average Bonchev–Trinajstić information content (AvgIpc) is 2.36. The molecule has 0 heterocycles. The number of halogens is 2. The van der Waals surface area contributed by atoms with Crippen LogP contribution in [0, 0.1) is 0 Å². The quantitative estimate of drug-likeness (QED) is 0.725. The smallest absolute Gasteiger partial charge is 0.225 e. The normalized spacial score (nSPS) is 10.8. The van der Waals surface area contributed by atoms with Crippen molar-refractivity contribution in [3.05, 3.63) is 28.2 Å². The van der Waals surface area contributed by atoms with Gasteiger partial charge in [0.1, 0.15) is 0 Å². The number of hydrogen-bond acceptors (Lipinski definition) is 3. The molecule has 0 aliphatic carbocycles. The summed E-state index contributed by atoms with van der Waals surface area (Å²) in [6, 6.07) is 5.01. The number of carbonyl (C=O) groups excluding carboxylic acids is 1. The summed E-state index contributed by atoms with van der Waals surface area (Å²) in [6.45, 7) is 2.61. The third kappa shape index (κ3) is 7.10. The summed E-state index contributed by atoms with van der Waals surface area (Å²) in [6.07, 6.45) is 1.48. The van der Waals surface area contributed by atoms with Gasteiger partial charge in [0.05, 0.1) is 10.7 Å². The number of hydrogen-bond donors (Lipinski definition) is 2. The lowest BCUT2D eigenvalue weighted by Gasteiger charge is -2.10. The van der Waals surface area contributed by atoms with Crippen LogP contribution in [0.15, 0.2) is 18.2 Å². The maximum Gasteiger partial charge on any atom is 0.225 e. The van der Waals surface area contributed by atoms with Gasteiger partial charge >= 0.3 is 0 Å². The van der Waals surface area contributed by atoms with Crippen LogP contribution in [0.4, 0.5) is 5.69 Å². The van der Waals surface area contributed by atoms with Gasteiger partial charge < -0.3 is 15.5 Å². The number of anilines is 1. The van der Waals surface area contributed by atoms with Crippen LogP contribution in [-0.2, 0) is 4.79 Å². The molecular formula is C14H21Cl2N3O. The van der Waals surface area contributed by atoms with Crippen molar-refractivity contribution in [2.75, 3.05) is 39.0 Å². The maximum atomic E-state index is 11.7. The van der Waals surface area contributed by atoms with Crippen molar-refractivity contribution in [3.8, 4) is 0 Å². The van der Waals surface area contributed by atoms with E-state index >= 15 is 0 Å². The van der Waals surface area contributed by atoms with E-state index in [9.17, 15) is 4.79 Å². The van der Waals surface area contributed by atoms with E-state index in [2.05, 4.69) is 15.5 Å². The zero-order chi connectivity index (χ0) is 15.0. The van der Waals surface area contributed by atoms with E-state index in [0.717, 1.165) is 19.5 Å². The average molecular weight is 318 g/mol. The highest BCUT2D eigenvalue weighted by Gasteiger charge is 2.06. The Morgan fingerprint density at radius 2 is 2.00 bits per heavy atom. The second-order valence-corrected chi connectivity index (χ2v) is 5.67. The number of rotatable bonds is 8. The first kappa shape index (κ1) is 17.2. The predicted octanol–water partition coefficient (Wildman–Crippen LogP) is 2.86. The van der Waals surface area contributed by atoms with Crippen LogP contribution in [0.5, 0.6) is 0 Å². The van der Waals surface area contributed by atoms with Gasteiger partial charge in [-0.05, 0) is 51.8 Å². The van der Waals surface area contributed by atoms with Gasteiger partial charge in [-0.25, -0.2) is 0 Å². The molecule has 1 amide bonds. The minimum atomic E-state index is -0.0608. The Morgan fingerprint density at radius 1 is 1.25 bits per heavy atom. The molecule has 1 rings (SSSR count). The van der Waals surface area contributed by atoms with Crippen LogP contribution in [0.25, 0.3) is 0 Å². The Balaban J connectivity index is 2.20. The summed E-state index contributed by atoms with van der Waals surface area (Å²) in [5.74, 6) is -0.0608. The van der Waals surface area contributed by atoms with E-state index in [1.807, 2.05) is 14.1 Å². The zero-order valence-electron chi connectivity index (χ0n) is 11.9. The van der Waals surface area contributed by atoms with Crippen molar-refractivity contribution < 1.29 is 4.79 Å². The molecular weight excluding hydrogens is 297 g/mol. The molecule has 0 aromatic heterocycles. The molecule has 0 saturated carbocycles. The van der Waals surface area contributed by atoms with Crippen LogP contribution < -0.4 is 10.6 Å². The van der Waals surface area contributed by atoms with E-state index in [0.29, 0.717) is 28.7 Å².